The third-order valence-electron chi connectivity index (χ3n) is 1.74. The van der Waals surface area contributed by atoms with Gasteiger partial charge in [-0.1, -0.05) is 11.6 Å². The van der Waals surface area contributed by atoms with E-state index in [-0.39, 0.29) is 10.7 Å². The Morgan fingerprint density at radius 2 is 1.53 bits per heavy atom. The molecule has 0 aliphatic rings. The van der Waals surface area contributed by atoms with Crippen LogP contribution in [-0.2, 0) is 4.79 Å². The van der Waals surface area contributed by atoms with Crippen LogP contribution in [0.2, 0.25) is 5.02 Å². The fourth-order valence-corrected chi connectivity index (χ4v) is 0.998. The summed E-state index contributed by atoms with van der Waals surface area (Å²) in [5.41, 5.74) is -0.205. The van der Waals surface area contributed by atoms with Gasteiger partial charge < -0.3 is 5.32 Å². The molecule has 1 N–H and O–H groups in total. The van der Waals surface area contributed by atoms with Crippen LogP contribution in [0.25, 0.3) is 0 Å². The second-order valence-electron chi connectivity index (χ2n) is 3.03. The molecule has 0 spiro atoms. The fraction of sp³-hybridized carbons (Fsp3) is 0.222. The lowest BCUT2D eigenvalue weighted by Gasteiger charge is -2.18. The molecule has 1 aromatic carbocycles. The van der Waals surface area contributed by atoms with Gasteiger partial charge >= 0.3 is 18.0 Å². The second-order valence-corrected chi connectivity index (χ2v) is 3.47. The van der Waals surface area contributed by atoms with Gasteiger partial charge in [0.25, 0.3) is 0 Å². The SMILES string of the molecule is O=C(Nc1ccc(Cl)cc1)C(F)(F)C(F)(F)F. The van der Waals surface area contributed by atoms with Crippen LogP contribution in [0.4, 0.5) is 27.6 Å². The first kappa shape index (κ1) is 13.7. The number of alkyl halides is 5. The summed E-state index contributed by atoms with van der Waals surface area (Å²) in [7, 11) is 0. The molecule has 0 aromatic heterocycles. The van der Waals surface area contributed by atoms with Crippen LogP contribution in [0.15, 0.2) is 24.3 Å². The number of halogens is 6. The van der Waals surface area contributed by atoms with Crippen LogP contribution in [0, 0.1) is 0 Å². The van der Waals surface area contributed by atoms with E-state index in [9.17, 15) is 26.7 Å². The average molecular weight is 274 g/mol. The minimum atomic E-state index is -5.93. The number of carbonyl (C=O) groups is 1. The van der Waals surface area contributed by atoms with E-state index in [0.29, 0.717) is 0 Å². The summed E-state index contributed by atoms with van der Waals surface area (Å²) in [5, 5.41) is 1.70. The van der Waals surface area contributed by atoms with E-state index in [2.05, 4.69) is 0 Å². The van der Waals surface area contributed by atoms with Crippen molar-refractivity contribution in [3.63, 3.8) is 0 Å². The molecular weight excluding hydrogens is 269 g/mol. The molecule has 2 nitrogen and oxygen atoms in total. The summed E-state index contributed by atoms with van der Waals surface area (Å²) in [6.07, 6.45) is -5.93. The number of hydrogen-bond donors (Lipinski definition) is 1. The molecule has 8 heteroatoms. The Morgan fingerprint density at radius 1 is 1.06 bits per heavy atom. The Bertz CT molecular complexity index is 414. The van der Waals surface area contributed by atoms with Gasteiger partial charge in [0, 0.05) is 10.7 Å². The van der Waals surface area contributed by atoms with Crippen LogP contribution >= 0.6 is 11.6 Å². The smallest absolute Gasteiger partial charge is 0.321 e. The number of rotatable bonds is 2. The standard InChI is InChI=1S/C9H5ClF5NO/c10-5-1-3-6(4-2-5)16-7(17)8(11,12)9(13,14)15/h1-4H,(H,16,17). The third-order valence-corrected chi connectivity index (χ3v) is 2.00. The zero-order valence-corrected chi connectivity index (χ0v) is 8.74. The first-order chi connectivity index (χ1) is 7.64. The predicted molar refractivity (Wildman–Crippen MR) is 51.1 cm³/mol. The molecule has 0 unspecified atom stereocenters. The van der Waals surface area contributed by atoms with Crippen molar-refractivity contribution in [3.05, 3.63) is 29.3 Å². The van der Waals surface area contributed by atoms with Gasteiger partial charge in [-0.15, -0.1) is 0 Å². The van der Waals surface area contributed by atoms with E-state index in [4.69, 9.17) is 11.6 Å². The lowest BCUT2D eigenvalue weighted by molar-refractivity contribution is -0.267. The van der Waals surface area contributed by atoms with Crippen LogP contribution in [0.5, 0.6) is 0 Å². The van der Waals surface area contributed by atoms with E-state index in [1.165, 1.54) is 17.4 Å². The van der Waals surface area contributed by atoms with E-state index < -0.39 is 18.0 Å². The molecule has 0 aliphatic heterocycles. The quantitative estimate of drug-likeness (QED) is 0.821. The minimum absolute atomic E-state index is 0.205. The molecule has 17 heavy (non-hydrogen) atoms. The molecule has 0 heterocycles. The summed E-state index contributed by atoms with van der Waals surface area (Å²) < 4.78 is 60.5. The highest BCUT2D eigenvalue weighted by molar-refractivity contribution is 6.30. The Balaban J connectivity index is 2.83. The van der Waals surface area contributed by atoms with Crippen molar-refractivity contribution in [1.29, 1.82) is 0 Å². The van der Waals surface area contributed by atoms with E-state index in [0.717, 1.165) is 12.1 Å². The maximum atomic E-state index is 12.5. The lowest BCUT2D eigenvalue weighted by atomic mass is 10.2. The monoisotopic (exact) mass is 273 g/mol. The fourth-order valence-electron chi connectivity index (χ4n) is 0.872. The van der Waals surface area contributed by atoms with Gasteiger partial charge in [0.05, 0.1) is 0 Å². The summed E-state index contributed by atoms with van der Waals surface area (Å²) in [6, 6.07) is 4.69. The molecule has 1 aromatic rings. The number of nitrogens with one attached hydrogen (secondary N) is 1. The van der Waals surface area contributed by atoms with Crippen molar-refractivity contribution in [3.8, 4) is 0 Å². The van der Waals surface area contributed by atoms with Crippen molar-refractivity contribution in [2.45, 2.75) is 12.1 Å². The maximum Gasteiger partial charge on any atom is 0.463 e. The van der Waals surface area contributed by atoms with Crippen LogP contribution in [-0.4, -0.2) is 18.0 Å². The van der Waals surface area contributed by atoms with Gasteiger partial charge in [0.2, 0.25) is 0 Å². The largest absolute Gasteiger partial charge is 0.463 e. The van der Waals surface area contributed by atoms with Crippen molar-refractivity contribution in [2.75, 3.05) is 5.32 Å². The summed E-state index contributed by atoms with van der Waals surface area (Å²) in [6.45, 7) is 0. The Morgan fingerprint density at radius 3 is 1.94 bits per heavy atom. The van der Waals surface area contributed by atoms with Crippen LogP contribution < -0.4 is 5.32 Å². The summed E-state index contributed by atoms with van der Waals surface area (Å²) in [5.74, 6) is -7.88. The highest BCUT2D eigenvalue weighted by Crippen LogP contribution is 2.36. The first-order valence-corrected chi connectivity index (χ1v) is 4.54. The molecule has 0 bridgehead atoms. The normalized spacial score (nSPS) is 12.4. The number of hydrogen-bond acceptors (Lipinski definition) is 1. The highest BCUT2D eigenvalue weighted by Gasteiger charge is 2.63. The number of amides is 1. The summed E-state index contributed by atoms with van der Waals surface area (Å²) in [4.78, 5) is 10.8. The third kappa shape index (κ3) is 3.06. The number of anilines is 1. The zero-order valence-electron chi connectivity index (χ0n) is 7.99. The maximum absolute atomic E-state index is 12.5. The molecular formula is C9H5ClF5NO. The van der Waals surface area contributed by atoms with Crippen LogP contribution in [0.3, 0.4) is 0 Å². The molecule has 0 radical (unpaired) electrons. The van der Waals surface area contributed by atoms with Crippen molar-refractivity contribution in [2.24, 2.45) is 0 Å². The molecule has 0 atom stereocenters. The van der Waals surface area contributed by atoms with Gasteiger partial charge in [-0.25, -0.2) is 0 Å². The zero-order chi connectivity index (χ0) is 13.3. The van der Waals surface area contributed by atoms with E-state index >= 15 is 0 Å². The molecule has 0 aliphatic carbocycles. The number of benzene rings is 1. The Hall–Kier alpha value is -1.37. The van der Waals surface area contributed by atoms with E-state index in [1.807, 2.05) is 0 Å². The Labute approximate surface area is 97.4 Å². The van der Waals surface area contributed by atoms with Gasteiger partial charge in [-0.2, -0.15) is 22.0 Å². The van der Waals surface area contributed by atoms with Gasteiger partial charge in [0.1, 0.15) is 0 Å². The topological polar surface area (TPSA) is 29.1 Å². The lowest BCUT2D eigenvalue weighted by Crippen LogP contribution is -2.47. The predicted octanol–water partition coefficient (Wildman–Crippen LogP) is 3.48. The van der Waals surface area contributed by atoms with Crippen molar-refractivity contribution < 1.29 is 26.7 Å². The first-order valence-electron chi connectivity index (χ1n) is 4.16. The number of carbonyl (C=O) groups excluding carboxylic acids is 1. The van der Waals surface area contributed by atoms with Gasteiger partial charge in [0.15, 0.2) is 0 Å². The van der Waals surface area contributed by atoms with Gasteiger partial charge in [-0.3, -0.25) is 4.79 Å². The summed E-state index contributed by atoms with van der Waals surface area (Å²) >= 11 is 5.47. The Kier molecular flexibility index (Phi) is 3.61. The van der Waals surface area contributed by atoms with Crippen molar-refractivity contribution >= 4 is 23.2 Å². The highest BCUT2D eigenvalue weighted by atomic mass is 35.5. The molecule has 94 valence electrons. The molecule has 1 rings (SSSR count). The second kappa shape index (κ2) is 4.48. The molecule has 1 amide bonds. The van der Waals surface area contributed by atoms with E-state index in [1.54, 1.807) is 0 Å². The molecule has 0 saturated carbocycles. The molecule has 0 fully saturated rings. The van der Waals surface area contributed by atoms with Crippen molar-refractivity contribution in [1.82, 2.24) is 0 Å². The molecule has 0 saturated heterocycles. The minimum Gasteiger partial charge on any atom is -0.321 e. The average Bonchev–Trinajstić information content (AvgIpc) is 2.19. The van der Waals surface area contributed by atoms with Crippen LogP contribution in [0.1, 0.15) is 0 Å². The van der Waals surface area contributed by atoms with Gasteiger partial charge in [-0.05, 0) is 24.3 Å².